The van der Waals surface area contributed by atoms with E-state index in [9.17, 15) is 14.9 Å². The van der Waals surface area contributed by atoms with Gasteiger partial charge in [0.25, 0.3) is 5.91 Å². The monoisotopic (exact) mass is 446 g/mol. The van der Waals surface area contributed by atoms with Crippen LogP contribution in [0.4, 0.5) is 5.00 Å². The maximum atomic E-state index is 12.9. The van der Waals surface area contributed by atoms with Gasteiger partial charge in [0.05, 0.1) is 13.7 Å². The van der Waals surface area contributed by atoms with Gasteiger partial charge >= 0.3 is 5.97 Å². The van der Waals surface area contributed by atoms with E-state index in [2.05, 4.69) is 5.32 Å². The van der Waals surface area contributed by atoms with Gasteiger partial charge in [0.15, 0.2) is 0 Å². The molecule has 0 aliphatic carbocycles. The second kappa shape index (κ2) is 10.4. The van der Waals surface area contributed by atoms with Gasteiger partial charge < -0.3 is 14.8 Å². The lowest BCUT2D eigenvalue weighted by atomic mass is 10.0. The van der Waals surface area contributed by atoms with Gasteiger partial charge in [-0.05, 0) is 43.2 Å². The Balaban J connectivity index is 1.94. The van der Waals surface area contributed by atoms with E-state index in [0.29, 0.717) is 28.5 Å². The molecule has 1 aromatic heterocycles. The predicted octanol–water partition coefficient (Wildman–Crippen LogP) is 5.45. The molecule has 3 aromatic rings. The van der Waals surface area contributed by atoms with Gasteiger partial charge in [0.2, 0.25) is 0 Å². The molecule has 162 valence electrons. The minimum absolute atomic E-state index is 0.0858. The molecule has 0 saturated heterocycles. The Morgan fingerprint density at radius 1 is 1.12 bits per heavy atom. The number of nitrogens with one attached hydrogen (secondary N) is 1. The van der Waals surface area contributed by atoms with E-state index in [1.54, 1.807) is 24.3 Å². The first kappa shape index (κ1) is 22.8. The molecule has 0 atom stereocenters. The highest BCUT2D eigenvalue weighted by atomic mass is 32.1. The first-order valence-electron chi connectivity index (χ1n) is 9.91. The van der Waals surface area contributed by atoms with Crippen LogP contribution in [-0.4, -0.2) is 25.6 Å². The molecule has 0 bridgehead atoms. The van der Waals surface area contributed by atoms with Crippen LogP contribution >= 0.6 is 11.3 Å². The van der Waals surface area contributed by atoms with Gasteiger partial charge in [-0.25, -0.2) is 4.79 Å². The fourth-order valence-corrected chi connectivity index (χ4v) is 4.25. The van der Waals surface area contributed by atoms with Crippen molar-refractivity contribution >= 4 is 34.3 Å². The smallest absolute Gasteiger partial charge is 0.341 e. The van der Waals surface area contributed by atoms with Crippen molar-refractivity contribution in [1.82, 2.24) is 0 Å². The Morgan fingerprint density at radius 3 is 2.41 bits per heavy atom. The van der Waals surface area contributed by atoms with Gasteiger partial charge in [-0.2, -0.15) is 5.26 Å². The number of rotatable bonds is 7. The Morgan fingerprint density at radius 2 is 1.81 bits per heavy atom. The number of benzene rings is 2. The number of ether oxygens (including phenoxy) is 2. The first-order chi connectivity index (χ1) is 15.5. The lowest BCUT2D eigenvalue weighted by Gasteiger charge is -2.08. The van der Waals surface area contributed by atoms with Crippen LogP contribution in [0.1, 0.15) is 27.7 Å². The molecule has 0 aliphatic rings. The minimum Gasteiger partial charge on any atom is -0.494 e. The summed E-state index contributed by atoms with van der Waals surface area (Å²) in [6.45, 7) is 4.31. The molecule has 1 heterocycles. The Hall–Kier alpha value is -3.89. The maximum Gasteiger partial charge on any atom is 0.341 e. The summed E-state index contributed by atoms with van der Waals surface area (Å²) < 4.78 is 10.4. The van der Waals surface area contributed by atoms with Crippen LogP contribution in [0.25, 0.3) is 17.2 Å². The summed E-state index contributed by atoms with van der Waals surface area (Å²) in [5.41, 5.74) is 2.41. The van der Waals surface area contributed by atoms with Gasteiger partial charge in [-0.1, -0.05) is 42.5 Å². The fourth-order valence-electron chi connectivity index (χ4n) is 3.19. The Labute approximate surface area is 190 Å². The molecule has 0 spiro atoms. The van der Waals surface area contributed by atoms with E-state index >= 15 is 0 Å². The number of carbonyl (C=O) groups is 2. The van der Waals surface area contributed by atoms with Crippen LogP contribution in [0.3, 0.4) is 0 Å². The van der Waals surface area contributed by atoms with Crippen molar-refractivity contribution in [3.8, 4) is 22.9 Å². The standard InChI is InChI=1S/C25H22N2O4S/c1-4-31-20-12-10-17(11-13-20)14-19(15-26)23(28)27-24-22(25(29)30-3)21(16(2)32-24)18-8-6-5-7-9-18/h5-14H,4H2,1-3H3,(H,27,28). The lowest BCUT2D eigenvalue weighted by molar-refractivity contribution is -0.112. The molecule has 32 heavy (non-hydrogen) atoms. The van der Waals surface area contributed by atoms with Gasteiger partial charge in [0.1, 0.15) is 28.0 Å². The number of hydrogen-bond donors (Lipinski definition) is 1. The van der Waals surface area contributed by atoms with Crippen LogP contribution in [0.2, 0.25) is 0 Å². The normalized spacial score (nSPS) is 10.9. The molecule has 7 heteroatoms. The van der Waals surface area contributed by atoms with Crippen molar-refractivity contribution in [2.45, 2.75) is 13.8 Å². The van der Waals surface area contributed by atoms with Crippen LogP contribution in [-0.2, 0) is 9.53 Å². The molecule has 0 aliphatic heterocycles. The number of thiophene rings is 1. The summed E-state index contributed by atoms with van der Waals surface area (Å²) in [5.74, 6) is -0.456. The van der Waals surface area contributed by atoms with Crippen LogP contribution in [0.15, 0.2) is 60.2 Å². The SMILES string of the molecule is CCOc1ccc(C=C(C#N)C(=O)Nc2sc(C)c(-c3ccccc3)c2C(=O)OC)cc1. The topological polar surface area (TPSA) is 88.4 Å². The van der Waals surface area contributed by atoms with Crippen LogP contribution < -0.4 is 10.1 Å². The van der Waals surface area contributed by atoms with Crippen molar-refractivity contribution < 1.29 is 19.1 Å². The molecule has 0 unspecified atom stereocenters. The fraction of sp³-hybridized carbons (Fsp3) is 0.160. The zero-order valence-electron chi connectivity index (χ0n) is 18.0. The van der Waals surface area contributed by atoms with E-state index in [4.69, 9.17) is 9.47 Å². The number of nitriles is 1. The van der Waals surface area contributed by atoms with Gasteiger partial charge in [0, 0.05) is 10.4 Å². The zero-order chi connectivity index (χ0) is 23.1. The van der Waals surface area contributed by atoms with E-state index in [0.717, 1.165) is 10.4 Å². The molecule has 1 amide bonds. The average Bonchev–Trinajstić information content (AvgIpc) is 3.14. The summed E-state index contributed by atoms with van der Waals surface area (Å²) >= 11 is 1.26. The van der Waals surface area contributed by atoms with Crippen molar-refractivity contribution in [2.75, 3.05) is 19.0 Å². The summed E-state index contributed by atoms with van der Waals surface area (Å²) in [5, 5.41) is 12.6. The number of methoxy groups -OCH3 is 1. The number of nitrogens with zero attached hydrogens (tertiary/aromatic N) is 1. The van der Waals surface area contributed by atoms with Crippen molar-refractivity contribution in [1.29, 1.82) is 5.26 Å². The number of amides is 1. The van der Waals surface area contributed by atoms with Crippen LogP contribution in [0.5, 0.6) is 5.75 Å². The van der Waals surface area contributed by atoms with Crippen molar-refractivity contribution in [3.05, 3.63) is 76.2 Å². The Kier molecular flexibility index (Phi) is 7.42. The molecule has 6 nitrogen and oxygen atoms in total. The van der Waals surface area contributed by atoms with Crippen LogP contribution in [0, 0.1) is 18.3 Å². The molecule has 0 saturated carbocycles. The summed E-state index contributed by atoms with van der Waals surface area (Å²) in [4.78, 5) is 26.3. The highest BCUT2D eigenvalue weighted by Crippen LogP contribution is 2.40. The van der Waals surface area contributed by atoms with E-state index in [-0.39, 0.29) is 11.1 Å². The third-order valence-corrected chi connectivity index (χ3v) is 5.65. The molecular formula is C25H22N2O4S. The Bertz CT molecular complexity index is 1190. The average molecular weight is 447 g/mol. The number of esters is 1. The van der Waals surface area contributed by atoms with E-state index in [1.807, 2.05) is 50.2 Å². The largest absolute Gasteiger partial charge is 0.494 e. The molecule has 3 rings (SSSR count). The summed E-state index contributed by atoms with van der Waals surface area (Å²) in [7, 11) is 1.29. The predicted molar refractivity (Wildman–Crippen MR) is 126 cm³/mol. The first-order valence-corrected chi connectivity index (χ1v) is 10.7. The minimum atomic E-state index is -0.604. The molecule has 0 fully saturated rings. The number of aryl methyl sites for hydroxylation is 1. The molecule has 1 N–H and O–H groups in total. The van der Waals surface area contributed by atoms with Crippen molar-refractivity contribution in [2.24, 2.45) is 0 Å². The van der Waals surface area contributed by atoms with E-state index < -0.39 is 11.9 Å². The quantitative estimate of drug-likeness (QED) is 0.296. The van der Waals surface area contributed by atoms with Gasteiger partial charge in [-0.3, -0.25) is 4.79 Å². The highest BCUT2D eigenvalue weighted by molar-refractivity contribution is 7.17. The number of hydrogen-bond acceptors (Lipinski definition) is 6. The summed E-state index contributed by atoms with van der Waals surface area (Å²) in [6, 6.07) is 18.4. The molecule has 2 aromatic carbocycles. The molecular weight excluding hydrogens is 424 g/mol. The van der Waals surface area contributed by atoms with E-state index in [1.165, 1.54) is 24.5 Å². The van der Waals surface area contributed by atoms with Crippen molar-refractivity contribution in [3.63, 3.8) is 0 Å². The maximum absolute atomic E-state index is 12.9. The lowest BCUT2D eigenvalue weighted by Crippen LogP contribution is -2.15. The summed E-state index contributed by atoms with van der Waals surface area (Å²) in [6.07, 6.45) is 1.49. The third-order valence-electron chi connectivity index (χ3n) is 4.63. The zero-order valence-corrected chi connectivity index (χ0v) is 18.8. The van der Waals surface area contributed by atoms with Gasteiger partial charge in [-0.15, -0.1) is 11.3 Å². The second-order valence-electron chi connectivity index (χ2n) is 6.72. The highest BCUT2D eigenvalue weighted by Gasteiger charge is 2.25. The number of anilines is 1. The number of carbonyl (C=O) groups excluding carboxylic acids is 2. The molecule has 0 radical (unpaired) electrons. The second-order valence-corrected chi connectivity index (χ2v) is 7.95. The third kappa shape index (κ3) is 5.05.